The molecule has 0 aliphatic heterocycles. The molecule has 0 spiro atoms. The van der Waals surface area contributed by atoms with Crippen LogP contribution in [0.4, 0.5) is 0 Å². The van der Waals surface area contributed by atoms with Gasteiger partial charge >= 0.3 is 12.2 Å². The van der Waals surface area contributed by atoms with Gasteiger partial charge in [-0.05, 0) is 6.42 Å². The van der Waals surface area contributed by atoms with Crippen molar-refractivity contribution in [3.8, 4) is 0 Å². The molecule has 0 aromatic heterocycles. The number of hydrogen-bond donors (Lipinski definition) is 0. The van der Waals surface area contributed by atoms with Crippen molar-refractivity contribution in [3.63, 3.8) is 0 Å². The summed E-state index contributed by atoms with van der Waals surface area (Å²) in [5, 5.41) is 0. The Hall–Kier alpha value is -1.15. The zero-order chi connectivity index (χ0) is 8.53. The van der Waals surface area contributed by atoms with Crippen molar-refractivity contribution in [2.24, 2.45) is 0 Å². The Labute approximate surface area is 65.8 Å². The zero-order valence-electron chi connectivity index (χ0n) is 6.62. The first-order valence-electron chi connectivity index (χ1n) is 3.65. The molecular weight excluding hydrogens is 144 g/mol. The average molecular weight is 156 g/mol. The molecule has 62 valence electrons. The molecule has 0 aliphatic rings. The Morgan fingerprint density at radius 3 is 2.91 bits per heavy atom. The molecule has 0 aromatic rings. The van der Waals surface area contributed by atoms with E-state index in [1.54, 1.807) is 0 Å². The van der Waals surface area contributed by atoms with Gasteiger partial charge in [-0.25, -0.2) is 4.79 Å². The van der Waals surface area contributed by atoms with E-state index in [4.69, 9.17) is 5.53 Å². The number of unbranched alkanes of at least 4 members (excludes halogenated alkanes) is 2. The number of rotatable bonds is 5. The van der Waals surface area contributed by atoms with Gasteiger partial charge in [-0.15, -0.1) is 0 Å². The van der Waals surface area contributed by atoms with Gasteiger partial charge in [-0.2, -0.15) is 4.79 Å². The number of nitrogens with zero attached hydrogens (tertiary/aromatic N) is 2. The van der Waals surface area contributed by atoms with Crippen LogP contribution < -0.4 is 0 Å². The highest BCUT2D eigenvalue weighted by Gasteiger charge is 2.00. The van der Waals surface area contributed by atoms with Crippen LogP contribution in [0.5, 0.6) is 0 Å². The number of hydrogen-bond acceptors (Lipinski definition) is 2. The van der Waals surface area contributed by atoms with Gasteiger partial charge in [0.2, 0.25) is 0 Å². The largest absolute Gasteiger partial charge is 0.457 e. The van der Waals surface area contributed by atoms with Gasteiger partial charge in [0.1, 0.15) is 0 Å². The fourth-order valence-electron chi connectivity index (χ4n) is 0.609. The van der Waals surface area contributed by atoms with Crippen LogP contribution in [0.3, 0.4) is 0 Å². The monoisotopic (exact) mass is 156 g/mol. The lowest BCUT2D eigenvalue weighted by Crippen LogP contribution is -2.07. The van der Waals surface area contributed by atoms with Crippen molar-refractivity contribution < 1.29 is 14.3 Å². The SMILES string of the molecule is CCCCCOC(=O)C=[N+]=[N-]. The second-order valence-electron chi connectivity index (χ2n) is 2.12. The molecule has 0 atom stereocenters. The summed E-state index contributed by atoms with van der Waals surface area (Å²) in [7, 11) is 0. The van der Waals surface area contributed by atoms with E-state index in [-0.39, 0.29) is 0 Å². The van der Waals surface area contributed by atoms with Crippen LogP contribution >= 0.6 is 0 Å². The minimum Gasteiger partial charge on any atom is -0.457 e. The molecule has 0 bridgehead atoms. The summed E-state index contributed by atoms with van der Waals surface area (Å²) in [6, 6.07) is 0. The van der Waals surface area contributed by atoms with E-state index in [1.807, 2.05) is 0 Å². The van der Waals surface area contributed by atoms with E-state index in [0.717, 1.165) is 25.5 Å². The molecule has 0 unspecified atom stereocenters. The predicted molar refractivity (Wildman–Crippen MR) is 40.2 cm³/mol. The minimum absolute atomic E-state index is 0.401. The summed E-state index contributed by atoms with van der Waals surface area (Å²) in [4.78, 5) is 13.0. The van der Waals surface area contributed by atoms with E-state index >= 15 is 0 Å². The molecule has 0 heterocycles. The van der Waals surface area contributed by atoms with E-state index in [0.29, 0.717) is 6.61 Å². The first kappa shape index (κ1) is 9.85. The molecular formula is C7H12N2O2. The lowest BCUT2D eigenvalue weighted by molar-refractivity contribution is -0.139. The Morgan fingerprint density at radius 1 is 1.64 bits per heavy atom. The molecule has 0 amide bonds. The third-order valence-corrected chi connectivity index (χ3v) is 1.16. The smallest absolute Gasteiger partial charge is 0.413 e. The second-order valence-corrected chi connectivity index (χ2v) is 2.12. The van der Waals surface area contributed by atoms with E-state index in [9.17, 15) is 4.79 Å². The van der Waals surface area contributed by atoms with Crippen LogP contribution in [0.2, 0.25) is 0 Å². The predicted octanol–water partition coefficient (Wildman–Crippen LogP) is 1.02. The number of carbonyl (C=O) groups is 1. The van der Waals surface area contributed by atoms with Crippen LogP contribution in [0.1, 0.15) is 26.2 Å². The fraction of sp³-hybridized carbons (Fsp3) is 0.714. The van der Waals surface area contributed by atoms with E-state index in [1.165, 1.54) is 0 Å². The Balaban J connectivity index is 3.24. The molecule has 0 aromatic carbocycles. The van der Waals surface area contributed by atoms with Crippen molar-refractivity contribution in [1.82, 2.24) is 0 Å². The van der Waals surface area contributed by atoms with Crippen molar-refractivity contribution in [1.29, 1.82) is 0 Å². The van der Waals surface area contributed by atoms with Crippen LogP contribution in [-0.4, -0.2) is 23.6 Å². The van der Waals surface area contributed by atoms with Crippen molar-refractivity contribution >= 4 is 12.2 Å². The van der Waals surface area contributed by atoms with Crippen LogP contribution in [0.25, 0.3) is 5.53 Å². The first-order valence-corrected chi connectivity index (χ1v) is 3.65. The highest BCUT2D eigenvalue weighted by atomic mass is 16.5. The molecule has 0 aliphatic carbocycles. The molecule has 11 heavy (non-hydrogen) atoms. The standard InChI is InChI=1S/C7H12N2O2/c1-2-3-4-5-11-7(10)6-9-8/h6H,2-5H2,1H3. The molecule has 0 rings (SSSR count). The number of carbonyl (C=O) groups excluding carboxylic acids is 1. The summed E-state index contributed by atoms with van der Waals surface area (Å²) in [5.74, 6) is -0.594. The van der Waals surface area contributed by atoms with Gasteiger partial charge < -0.3 is 10.3 Å². The molecule has 0 saturated carbocycles. The van der Waals surface area contributed by atoms with Gasteiger partial charge in [0.05, 0.1) is 6.61 Å². The molecule has 0 fully saturated rings. The van der Waals surface area contributed by atoms with Crippen LogP contribution in [-0.2, 0) is 9.53 Å². The van der Waals surface area contributed by atoms with Gasteiger partial charge in [-0.3, -0.25) is 0 Å². The normalized spacial score (nSPS) is 8.45. The number of ether oxygens (including phenoxy) is 1. The Kier molecular flexibility index (Phi) is 6.24. The molecule has 0 N–H and O–H groups in total. The topological polar surface area (TPSA) is 62.7 Å². The Morgan fingerprint density at radius 2 is 2.36 bits per heavy atom. The molecule has 0 radical (unpaired) electrons. The van der Waals surface area contributed by atoms with Gasteiger partial charge in [-0.1, -0.05) is 19.8 Å². The van der Waals surface area contributed by atoms with Crippen molar-refractivity contribution in [2.45, 2.75) is 26.2 Å². The van der Waals surface area contributed by atoms with Gasteiger partial charge in [0, 0.05) is 0 Å². The quantitative estimate of drug-likeness (QED) is 0.196. The zero-order valence-corrected chi connectivity index (χ0v) is 6.62. The maximum Gasteiger partial charge on any atom is 0.413 e. The molecule has 0 saturated heterocycles. The third-order valence-electron chi connectivity index (χ3n) is 1.16. The summed E-state index contributed by atoms with van der Waals surface area (Å²) in [6.07, 6.45) is 3.74. The Bertz CT molecular complexity index is 162. The maximum absolute atomic E-state index is 10.5. The number of esters is 1. The molecule has 4 nitrogen and oxygen atoms in total. The summed E-state index contributed by atoms with van der Waals surface area (Å²) in [6.45, 7) is 2.47. The van der Waals surface area contributed by atoms with Crippen LogP contribution in [0.15, 0.2) is 0 Å². The van der Waals surface area contributed by atoms with E-state index in [2.05, 4.69) is 16.5 Å². The van der Waals surface area contributed by atoms with Crippen molar-refractivity contribution in [3.05, 3.63) is 5.53 Å². The fourth-order valence-corrected chi connectivity index (χ4v) is 0.609. The lowest BCUT2D eigenvalue weighted by Gasteiger charge is -1.96. The van der Waals surface area contributed by atoms with Gasteiger partial charge in [0.25, 0.3) is 0 Å². The van der Waals surface area contributed by atoms with Crippen LogP contribution in [0, 0.1) is 0 Å². The second kappa shape index (κ2) is 6.96. The average Bonchev–Trinajstić information content (AvgIpc) is 1.99. The lowest BCUT2D eigenvalue weighted by atomic mass is 10.3. The van der Waals surface area contributed by atoms with E-state index < -0.39 is 5.97 Å². The third kappa shape index (κ3) is 6.74. The molecule has 4 heteroatoms. The maximum atomic E-state index is 10.5. The highest BCUT2D eigenvalue weighted by Crippen LogP contribution is 1.93. The minimum atomic E-state index is -0.594. The first-order chi connectivity index (χ1) is 5.31. The summed E-state index contributed by atoms with van der Waals surface area (Å²) >= 11 is 0. The van der Waals surface area contributed by atoms with Crippen molar-refractivity contribution in [2.75, 3.05) is 6.61 Å². The summed E-state index contributed by atoms with van der Waals surface area (Å²) < 4.78 is 4.64. The highest BCUT2D eigenvalue weighted by molar-refractivity contribution is 6.20. The summed E-state index contributed by atoms with van der Waals surface area (Å²) in [5.41, 5.74) is 7.91. The van der Waals surface area contributed by atoms with Gasteiger partial charge in [0.15, 0.2) is 0 Å².